The van der Waals surface area contributed by atoms with E-state index in [9.17, 15) is 23.8 Å². The Morgan fingerprint density at radius 2 is 2.00 bits per heavy atom. The van der Waals surface area contributed by atoms with E-state index >= 15 is 0 Å². The van der Waals surface area contributed by atoms with Crippen LogP contribution in [0.15, 0.2) is 18.2 Å². The van der Waals surface area contributed by atoms with E-state index in [1.165, 1.54) is 11.0 Å². The molecular weight excluding hydrogens is 396 g/mol. The van der Waals surface area contributed by atoms with E-state index < -0.39 is 40.7 Å². The van der Waals surface area contributed by atoms with Crippen LogP contribution < -0.4 is 0 Å². The summed E-state index contributed by atoms with van der Waals surface area (Å²) in [6.45, 7) is 5.63. The molecule has 0 radical (unpaired) electrons. The molecule has 7 heteroatoms. The quantitative estimate of drug-likeness (QED) is 0.683. The molecule has 1 amide bonds. The first-order valence-electron chi connectivity index (χ1n) is 7.81. The van der Waals surface area contributed by atoms with Gasteiger partial charge in [-0.15, -0.1) is 0 Å². The number of benzene rings is 1. The van der Waals surface area contributed by atoms with Crippen LogP contribution in [0.4, 0.5) is 13.6 Å². The highest BCUT2D eigenvalue weighted by Gasteiger charge is 2.53. The van der Waals surface area contributed by atoms with Crippen molar-refractivity contribution < 1.29 is 23.8 Å². The number of amides is 1. The molecule has 1 aliphatic rings. The number of rotatable bonds is 1. The number of likely N-dealkylation sites (tertiary alicyclic amines) is 1. The minimum Gasteiger partial charge on any atom is -0.465 e. The summed E-state index contributed by atoms with van der Waals surface area (Å²) in [6.07, 6.45) is -1.07. The number of halogens is 3. The Balaban J connectivity index is 2.62. The van der Waals surface area contributed by atoms with Gasteiger partial charge in [-0.2, -0.15) is 0 Å². The van der Waals surface area contributed by atoms with Crippen LogP contribution in [0.2, 0.25) is 0 Å². The Morgan fingerprint density at radius 3 is 2.48 bits per heavy atom. The highest BCUT2D eigenvalue weighted by molar-refractivity contribution is 9.12. The molecular formula is C18H20BrF2NO3. The molecule has 0 aromatic heterocycles. The molecule has 1 aromatic carbocycles. The second-order valence-electron chi connectivity index (χ2n) is 7.31. The summed E-state index contributed by atoms with van der Waals surface area (Å²) in [5.74, 6) is -0.0472. The molecule has 1 aromatic rings. The highest BCUT2D eigenvalue weighted by atomic mass is 79.9. The van der Waals surface area contributed by atoms with Crippen LogP contribution in [-0.2, 0) is 5.60 Å². The highest BCUT2D eigenvalue weighted by Crippen LogP contribution is 2.46. The third-order valence-corrected chi connectivity index (χ3v) is 4.89. The van der Waals surface area contributed by atoms with E-state index in [1.54, 1.807) is 0 Å². The summed E-state index contributed by atoms with van der Waals surface area (Å²) in [7, 11) is 0. The molecule has 4 nitrogen and oxygen atoms in total. The molecule has 1 fully saturated rings. The predicted molar refractivity (Wildman–Crippen MR) is 93.0 cm³/mol. The van der Waals surface area contributed by atoms with Crippen molar-refractivity contribution in [3.8, 4) is 10.8 Å². The lowest BCUT2D eigenvalue weighted by Crippen LogP contribution is -2.61. The molecule has 1 saturated heterocycles. The van der Waals surface area contributed by atoms with E-state index in [0.29, 0.717) is 0 Å². The Morgan fingerprint density at radius 1 is 1.36 bits per heavy atom. The molecule has 0 aliphatic carbocycles. The van der Waals surface area contributed by atoms with Gasteiger partial charge in [-0.1, -0.05) is 32.8 Å². The average molecular weight is 416 g/mol. The Bertz CT molecular complexity index is 738. The summed E-state index contributed by atoms with van der Waals surface area (Å²) < 4.78 is 27.0. The van der Waals surface area contributed by atoms with Crippen molar-refractivity contribution in [1.29, 1.82) is 0 Å². The fraction of sp³-hybridized carbons (Fsp3) is 0.500. The zero-order valence-electron chi connectivity index (χ0n) is 14.2. The van der Waals surface area contributed by atoms with Gasteiger partial charge in [-0.05, 0) is 34.4 Å². The SMILES string of the molecule is CC(C)(C)C1[C@H](C#CBr)[C@@](O)(c2ccc(F)c(F)c2)CCN1C(=O)O. The minimum absolute atomic E-state index is 0.0311. The first-order chi connectivity index (χ1) is 11.5. The third-order valence-electron chi connectivity index (χ3n) is 4.66. The first-order valence-corrected chi connectivity index (χ1v) is 8.60. The number of carbonyl (C=O) groups is 1. The molecule has 25 heavy (non-hydrogen) atoms. The third kappa shape index (κ3) is 3.65. The number of piperidine rings is 1. The number of carboxylic acid groups (broad SMARTS) is 1. The van der Waals surface area contributed by atoms with Crippen molar-refractivity contribution in [2.45, 2.75) is 38.8 Å². The first kappa shape index (κ1) is 19.7. The molecule has 0 spiro atoms. The molecule has 136 valence electrons. The van der Waals surface area contributed by atoms with E-state index in [0.717, 1.165) is 12.1 Å². The van der Waals surface area contributed by atoms with Crippen LogP contribution >= 0.6 is 15.9 Å². The molecule has 3 atom stereocenters. The fourth-order valence-electron chi connectivity index (χ4n) is 3.56. The van der Waals surface area contributed by atoms with Gasteiger partial charge in [0, 0.05) is 22.5 Å². The van der Waals surface area contributed by atoms with Crippen molar-refractivity contribution >= 4 is 22.0 Å². The largest absolute Gasteiger partial charge is 0.465 e. The summed E-state index contributed by atoms with van der Waals surface area (Å²) in [5, 5.41) is 20.9. The summed E-state index contributed by atoms with van der Waals surface area (Å²) in [5.41, 5.74) is -1.95. The molecule has 1 heterocycles. The van der Waals surface area contributed by atoms with Gasteiger partial charge in [0.15, 0.2) is 11.6 Å². The van der Waals surface area contributed by atoms with E-state index in [2.05, 4.69) is 26.7 Å². The minimum atomic E-state index is -1.60. The molecule has 2 N–H and O–H groups in total. The van der Waals surface area contributed by atoms with Gasteiger partial charge in [-0.25, -0.2) is 13.6 Å². The fourth-order valence-corrected chi connectivity index (χ4v) is 3.80. The number of hydrogen-bond acceptors (Lipinski definition) is 2. The van der Waals surface area contributed by atoms with Crippen molar-refractivity contribution in [3.63, 3.8) is 0 Å². The zero-order valence-corrected chi connectivity index (χ0v) is 15.8. The standard InChI is InChI=1S/C18H20BrF2NO3/c1-17(2,3)15-12(6-8-19)18(25,7-9-22(15)16(23)24)11-4-5-13(20)14(21)10-11/h4-5,10,12,15,25H,7,9H2,1-3H3,(H,23,24)/t12-,15?,18-/m0/s1. The Labute approximate surface area is 154 Å². The lowest BCUT2D eigenvalue weighted by molar-refractivity contribution is -0.101. The van der Waals surface area contributed by atoms with Gasteiger partial charge >= 0.3 is 6.09 Å². The zero-order chi connectivity index (χ0) is 19.0. The molecule has 1 unspecified atom stereocenters. The van der Waals surface area contributed by atoms with E-state index in [-0.39, 0.29) is 18.5 Å². The molecule has 0 bridgehead atoms. The van der Waals surface area contributed by atoms with Crippen molar-refractivity contribution in [1.82, 2.24) is 4.90 Å². The van der Waals surface area contributed by atoms with E-state index in [1.807, 2.05) is 20.8 Å². The number of aliphatic hydroxyl groups is 1. The number of hydrogen-bond donors (Lipinski definition) is 2. The van der Waals surface area contributed by atoms with Crippen LogP contribution in [0, 0.1) is 33.7 Å². The van der Waals surface area contributed by atoms with E-state index in [4.69, 9.17) is 0 Å². The second-order valence-corrected chi connectivity index (χ2v) is 7.70. The monoisotopic (exact) mass is 415 g/mol. The van der Waals surface area contributed by atoms with Crippen molar-refractivity contribution in [2.75, 3.05) is 6.54 Å². The van der Waals surface area contributed by atoms with Crippen LogP contribution in [0.3, 0.4) is 0 Å². The maximum Gasteiger partial charge on any atom is 0.407 e. The summed E-state index contributed by atoms with van der Waals surface area (Å²) in [4.78, 5) is 15.5. The van der Waals surface area contributed by atoms with Crippen molar-refractivity contribution in [2.24, 2.45) is 11.3 Å². The second kappa shape index (κ2) is 6.93. The summed E-state index contributed by atoms with van der Waals surface area (Å²) in [6, 6.07) is 2.59. The molecule has 0 saturated carbocycles. The lowest BCUT2D eigenvalue weighted by atomic mass is 9.65. The van der Waals surface area contributed by atoms with Crippen molar-refractivity contribution in [3.05, 3.63) is 35.4 Å². The van der Waals surface area contributed by atoms with Gasteiger partial charge in [0.1, 0.15) is 5.60 Å². The average Bonchev–Trinajstić information content (AvgIpc) is 2.50. The number of nitrogens with zero attached hydrogens (tertiary/aromatic N) is 1. The smallest absolute Gasteiger partial charge is 0.407 e. The lowest BCUT2D eigenvalue weighted by Gasteiger charge is -2.52. The maximum atomic E-state index is 13.7. The van der Waals surface area contributed by atoms with Gasteiger partial charge in [-0.3, -0.25) is 0 Å². The molecule has 2 rings (SSSR count). The Hall–Kier alpha value is -1.65. The van der Waals surface area contributed by atoms with Gasteiger partial charge in [0.2, 0.25) is 0 Å². The van der Waals surface area contributed by atoms with Crippen LogP contribution in [-0.4, -0.2) is 33.8 Å². The topological polar surface area (TPSA) is 60.8 Å². The van der Waals surface area contributed by atoms with Crippen LogP contribution in [0.25, 0.3) is 0 Å². The van der Waals surface area contributed by atoms with Crippen LogP contribution in [0.1, 0.15) is 32.8 Å². The predicted octanol–water partition coefficient (Wildman–Crippen LogP) is 3.92. The van der Waals surface area contributed by atoms with Gasteiger partial charge in [0.25, 0.3) is 0 Å². The van der Waals surface area contributed by atoms with Gasteiger partial charge < -0.3 is 15.1 Å². The van der Waals surface area contributed by atoms with Crippen LogP contribution in [0.5, 0.6) is 0 Å². The van der Waals surface area contributed by atoms with Gasteiger partial charge in [0.05, 0.1) is 12.0 Å². The molecule has 1 aliphatic heterocycles. The normalized spacial score (nSPS) is 26.8. The summed E-state index contributed by atoms with van der Waals surface area (Å²) >= 11 is 3.01. The Kier molecular flexibility index (Phi) is 5.45. The maximum absolute atomic E-state index is 13.7.